The molecule has 1 saturated heterocycles. The van der Waals surface area contributed by atoms with Crippen LogP contribution < -0.4 is 16.4 Å². The van der Waals surface area contributed by atoms with E-state index < -0.39 is 42.0 Å². The maximum absolute atomic E-state index is 13.1. The normalized spacial score (nSPS) is 18.6. The maximum atomic E-state index is 13.1. The minimum absolute atomic E-state index is 0.359. The highest BCUT2D eigenvalue weighted by Crippen LogP contribution is 2.20. The summed E-state index contributed by atoms with van der Waals surface area (Å²) in [6, 6.07) is -3.22. The lowest BCUT2D eigenvalue weighted by Gasteiger charge is -2.29. The largest absolute Gasteiger partial charge is 0.480 e. The lowest BCUT2D eigenvalue weighted by atomic mass is 10.1. The van der Waals surface area contributed by atoms with E-state index in [0.29, 0.717) is 50.2 Å². The lowest BCUT2D eigenvalue weighted by molar-refractivity contribution is -0.149. The van der Waals surface area contributed by atoms with Gasteiger partial charge in [0.15, 0.2) is 0 Å². The summed E-state index contributed by atoms with van der Waals surface area (Å²) in [4.78, 5) is 51.5. The number of hydrogen-bond donors (Lipinski definition) is 4. The predicted molar refractivity (Wildman–Crippen MR) is 133 cm³/mol. The Balaban J connectivity index is 2.91. The number of aliphatic carboxylic acids is 1. The zero-order chi connectivity index (χ0) is 24.1. The zero-order valence-corrected chi connectivity index (χ0v) is 21.5. The molecule has 0 aliphatic carbocycles. The molecule has 0 bridgehead atoms. The molecule has 1 aliphatic rings. The molecule has 184 valence electrons. The van der Waals surface area contributed by atoms with Crippen LogP contribution in [0.15, 0.2) is 0 Å². The Labute approximate surface area is 203 Å². The van der Waals surface area contributed by atoms with Crippen molar-refractivity contribution in [2.45, 2.75) is 56.3 Å². The first-order valence-corrected chi connectivity index (χ1v) is 14.8. The highest BCUT2D eigenvalue weighted by molar-refractivity contribution is 7.98. The van der Waals surface area contributed by atoms with Crippen molar-refractivity contribution < 1.29 is 24.3 Å². The third-order valence-corrected chi connectivity index (χ3v) is 7.19. The van der Waals surface area contributed by atoms with E-state index in [1.54, 1.807) is 23.5 Å². The number of nitrogens with one attached hydrogen (secondary N) is 2. The van der Waals surface area contributed by atoms with Crippen LogP contribution in [-0.2, 0) is 19.2 Å². The van der Waals surface area contributed by atoms with E-state index in [9.17, 15) is 24.3 Å². The first-order chi connectivity index (χ1) is 15.3. The molecule has 1 aliphatic heterocycles. The molecule has 9 nitrogen and oxygen atoms in total. The van der Waals surface area contributed by atoms with Gasteiger partial charge in [0.05, 0.1) is 6.04 Å². The Hall–Kier alpha value is -1.11. The van der Waals surface area contributed by atoms with Gasteiger partial charge < -0.3 is 26.4 Å². The Kier molecular flexibility index (Phi) is 14.2. The topological polar surface area (TPSA) is 142 Å². The van der Waals surface area contributed by atoms with E-state index in [4.69, 9.17) is 5.73 Å². The Morgan fingerprint density at radius 1 is 0.938 bits per heavy atom. The van der Waals surface area contributed by atoms with Gasteiger partial charge in [-0.2, -0.15) is 35.3 Å². The van der Waals surface area contributed by atoms with E-state index in [1.807, 2.05) is 18.8 Å². The summed E-state index contributed by atoms with van der Waals surface area (Å²) in [6.07, 6.45) is 8.05. The Bertz CT molecular complexity index is 640. The first-order valence-electron chi connectivity index (χ1n) is 10.6. The first kappa shape index (κ1) is 28.9. The Morgan fingerprint density at radius 2 is 1.47 bits per heavy atom. The molecule has 0 aromatic heterocycles. The Morgan fingerprint density at radius 3 is 2.03 bits per heavy atom. The van der Waals surface area contributed by atoms with Crippen molar-refractivity contribution in [3.8, 4) is 0 Å². The molecule has 0 saturated carbocycles. The molecule has 0 spiro atoms. The second-order valence-corrected chi connectivity index (χ2v) is 10.6. The number of carboxylic acid groups (broad SMARTS) is 1. The van der Waals surface area contributed by atoms with Gasteiger partial charge in [-0.1, -0.05) is 0 Å². The van der Waals surface area contributed by atoms with Crippen LogP contribution in [-0.4, -0.2) is 100 Å². The molecule has 0 radical (unpaired) electrons. The van der Waals surface area contributed by atoms with E-state index in [0.717, 1.165) is 5.75 Å². The fraction of sp³-hybridized carbons (Fsp3) is 0.800. The zero-order valence-electron chi connectivity index (χ0n) is 19.0. The molecule has 12 heteroatoms. The quantitative estimate of drug-likeness (QED) is 0.250. The van der Waals surface area contributed by atoms with Crippen molar-refractivity contribution in [1.29, 1.82) is 0 Å². The van der Waals surface area contributed by atoms with Crippen LogP contribution in [0.3, 0.4) is 0 Å². The number of carboxylic acids is 1. The van der Waals surface area contributed by atoms with Crippen molar-refractivity contribution in [2.24, 2.45) is 5.73 Å². The highest BCUT2D eigenvalue weighted by atomic mass is 32.2. The smallest absolute Gasteiger partial charge is 0.326 e. The number of nitrogens with zero attached hydrogens (tertiary/aromatic N) is 1. The van der Waals surface area contributed by atoms with Gasteiger partial charge in [0.1, 0.15) is 18.1 Å². The molecule has 4 atom stereocenters. The van der Waals surface area contributed by atoms with Gasteiger partial charge in [0.2, 0.25) is 17.7 Å². The van der Waals surface area contributed by atoms with Gasteiger partial charge in [0, 0.05) is 6.54 Å². The molecule has 0 aromatic rings. The third kappa shape index (κ3) is 9.40. The molecule has 32 heavy (non-hydrogen) atoms. The summed E-state index contributed by atoms with van der Waals surface area (Å²) in [6.45, 7) is 0.359. The average Bonchev–Trinajstić information content (AvgIpc) is 3.27. The van der Waals surface area contributed by atoms with Crippen molar-refractivity contribution in [3.63, 3.8) is 0 Å². The minimum Gasteiger partial charge on any atom is -0.480 e. The number of amides is 3. The van der Waals surface area contributed by atoms with Crippen molar-refractivity contribution in [1.82, 2.24) is 15.5 Å². The highest BCUT2D eigenvalue weighted by Gasteiger charge is 2.38. The second kappa shape index (κ2) is 15.7. The van der Waals surface area contributed by atoms with E-state index in [1.165, 1.54) is 16.7 Å². The summed E-state index contributed by atoms with van der Waals surface area (Å²) in [5.74, 6) is -0.243. The number of hydrogen-bond acceptors (Lipinski definition) is 8. The van der Waals surface area contributed by atoms with Crippen molar-refractivity contribution in [2.75, 3.05) is 42.6 Å². The molecule has 3 amide bonds. The van der Waals surface area contributed by atoms with Crippen LogP contribution >= 0.6 is 35.3 Å². The number of rotatable bonds is 15. The fourth-order valence-corrected chi connectivity index (χ4v) is 4.84. The van der Waals surface area contributed by atoms with Crippen LogP contribution in [0.1, 0.15) is 32.1 Å². The molecule has 4 unspecified atom stereocenters. The SMILES string of the molecule is CSCCC(N)C(=O)NC(CCSC)C(=O)NC(CCSC)C(=O)N1CCCC1C(=O)O. The predicted octanol–water partition coefficient (Wildman–Crippen LogP) is 0.618. The minimum atomic E-state index is -1.03. The number of carbonyl (C=O) groups is 4. The van der Waals surface area contributed by atoms with Gasteiger partial charge in [0.25, 0.3) is 0 Å². The van der Waals surface area contributed by atoms with E-state index in [-0.39, 0.29) is 5.91 Å². The number of carbonyl (C=O) groups excluding carboxylic acids is 3. The molecule has 1 heterocycles. The number of likely N-dealkylation sites (tertiary alicyclic amines) is 1. The molecular weight excluding hydrogens is 472 g/mol. The monoisotopic (exact) mass is 508 g/mol. The maximum Gasteiger partial charge on any atom is 0.326 e. The second-order valence-electron chi connectivity index (χ2n) is 7.60. The van der Waals surface area contributed by atoms with Gasteiger partial charge >= 0.3 is 5.97 Å². The summed E-state index contributed by atoms with van der Waals surface area (Å²) < 4.78 is 0. The third-order valence-electron chi connectivity index (χ3n) is 5.26. The van der Waals surface area contributed by atoms with Crippen LogP contribution in [0, 0.1) is 0 Å². The van der Waals surface area contributed by atoms with Crippen LogP contribution in [0.4, 0.5) is 0 Å². The van der Waals surface area contributed by atoms with Crippen LogP contribution in [0.25, 0.3) is 0 Å². The van der Waals surface area contributed by atoms with Gasteiger partial charge in [-0.25, -0.2) is 4.79 Å². The lowest BCUT2D eigenvalue weighted by Crippen LogP contribution is -2.57. The van der Waals surface area contributed by atoms with Gasteiger partial charge in [-0.3, -0.25) is 14.4 Å². The fourth-order valence-electron chi connectivity index (χ4n) is 3.41. The van der Waals surface area contributed by atoms with Crippen molar-refractivity contribution in [3.05, 3.63) is 0 Å². The summed E-state index contributed by atoms with van der Waals surface area (Å²) in [5, 5.41) is 14.9. The van der Waals surface area contributed by atoms with Gasteiger partial charge in [-0.05, 0) is 68.1 Å². The van der Waals surface area contributed by atoms with E-state index in [2.05, 4.69) is 10.6 Å². The molecule has 0 aromatic carbocycles. The summed E-state index contributed by atoms with van der Waals surface area (Å²) >= 11 is 4.68. The standard InChI is InChI=1S/C20H36N4O5S3/c1-30-10-6-13(21)17(25)22-14(7-11-31-2)18(26)23-15(8-12-32-3)19(27)24-9-4-5-16(24)20(28)29/h13-16H,4-12,21H2,1-3H3,(H,22,25)(H,23,26)(H,28,29). The molecular formula is C20H36N4O5S3. The molecule has 5 N–H and O–H groups in total. The van der Waals surface area contributed by atoms with Gasteiger partial charge in [-0.15, -0.1) is 0 Å². The number of thioether (sulfide) groups is 3. The molecule has 1 fully saturated rings. The molecule has 1 rings (SSSR count). The van der Waals surface area contributed by atoms with Crippen LogP contribution in [0.2, 0.25) is 0 Å². The summed E-state index contributed by atoms with van der Waals surface area (Å²) in [5.41, 5.74) is 5.94. The van der Waals surface area contributed by atoms with Crippen molar-refractivity contribution >= 4 is 59.0 Å². The summed E-state index contributed by atoms with van der Waals surface area (Å²) in [7, 11) is 0. The average molecular weight is 509 g/mol. The number of nitrogens with two attached hydrogens (primary N) is 1. The van der Waals surface area contributed by atoms with E-state index >= 15 is 0 Å². The van der Waals surface area contributed by atoms with Crippen LogP contribution in [0.5, 0.6) is 0 Å².